The summed E-state index contributed by atoms with van der Waals surface area (Å²) in [6.45, 7) is 0. The normalized spacial score (nSPS) is 16.2. The van der Waals surface area contributed by atoms with Gasteiger partial charge in [-0.3, -0.25) is 5.32 Å². The topological polar surface area (TPSA) is 54.5 Å². The lowest BCUT2D eigenvalue weighted by Crippen LogP contribution is -2.44. The quantitative estimate of drug-likeness (QED) is 0.196. The van der Waals surface area contributed by atoms with E-state index in [1.54, 1.807) is 0 Å². The molecule has 10 rings (SSSR count). The molecule has 2 atom stereocenters. The van der Waals surface area contributed by atoms with Gasteiger partial charge in [0.25, 0.3) is 0 Å². The third-order valence-corrected chi connectivity index (χ3v) is 9.88. The molecule has 7 aromatic carbocycles. The van der Waals surface area contributed by atoms with Crippen LogP contribution in [0.25, 0.3) is 60.6 Å². The van der Waals surface area contributed by atoms with Gasteiger partial charge in [-0.1, -0.05) is 140 Å². The van der Waals surface area contributed by atoms with Crippen molar-refractivity contribution in [1.29, 1.82) is 0 Å². The molecule has 0 bridgehead atoms. The average molecular weight is 645 g/mol. The van der Waals surface area contributed by atoms with Gasteiger partial charge in [-0.15, -0.1) is 0 Å². The number of fused-ring (bicyclic) bond motifs is 6. The van der Waals surface area contributed by atoms with E-state index in [4.69, 9.17) is 9.41 Å². The smallest absolute Gasteiger partial charge is 0.159 e. The van der Waals surface area contributed by atoms with E-state index in [9.17, 15) is 0 Å². The Balaban J connectivity index is 1.16. The third kappa shape index (κ3) is 4.71. The second-order valence-corrected chi connectivity index (χ2v) is 12.9. The van der Waals surface area contributed by atoms with Crippen molar-refractivity contribution in [2.24, 2.45) is 4.99 Å². The molecule has 2 aromatic heterocycles. The molecule has 1 aliphatic heterocycles. The van der Waals surface area contributed by atoms with Crippen LogP contribution in [0.15, 0.2) is 179 Å². The summed E-state index contributed by atoms with van der Waals surface area (Å²) in [7, 11) is 0. The summed E-state index contributed by atoms with van der Waals surface area (Å²) >= 11 is 0. The molecule has 2 unspecified atom stereocenters. The van der Waals surface area contributed by atoms with Crippen LogP contribution in [0.1, 0.15) is 29.0 Å². The summed E-state index contributed by atoms with van der Waals surface area (Å²) in [6.07, 6.45) is -0.315. The third-order valence-electron chi connectivity index (χ3n) is 9.88. The van der Waals surface area contributed by atoms with E-state index in [0.717, 1.165) is 61.2 Å². The van der Waals surface area contributed by atoms with E-state index in [1.807, 2.05) is 12.1 Å². The number of para-hydroxylation sites is 2. The van der Waals surface area contributed by atoms with Gasteiger partial charge in [0.15, 0.2) is 5.58 Å². The van der Waals surface area contributed by atoms with Crippen LogP contribution in [0, 0.1) is 0 Å². The molecule has 0 fully saturated rings. The molecule has 50 heavy (non-hydrogen) atoms. The van der Waals surface area contributed by atoms with Gasteiger partial charge in [0.05, 0.1) is 16.7 Å². The number of hydrogen-bond donors (Lipinski definition) is 2. The van der Waals surface area contributed by atoms with E-state index in [1.165, 1.54) is 21.9 Å². The summed E-state index contributed by atoms with van der Waals surface area (Å²) in [5.41, 5.74) is 10.6. The first kappa shape index (κ1) is 28.6. The van der Waals surface area contributed by atoms with Crippen molar-refractivity contribution in [3.63, 3.8) is 0 Å². The molecule has 238 valence electrons. The zero-order chi connectivity index (χ0) is 33.0. The fourth-order valence-corrected chi connectivity index (χ4v) is 7.48. The first-order valence-corrected chi connectivity index (χ1v) is 17.0. The number of nitrogens with one attached hydrogen (secondary N) is 2. The molecular weight excluding hydrogens is 613 g/mol. The van der Waals surface area contributed by atoms with Gasteiger partial charge >= 0.3 is 0 Å². The number of benzene rings is 7. The van der Waals surface area contributed by atoms with Gasteiger partial charge in [0.2, 0.25) is 0 Å². The van der Waals surface area contributed by atoms with E-state index in [2.05, 4.69) is 173 Å². The van der Waals surface area contributed by atoms with Crippen molar-refractivity contribution < 1.29 is 4.42 Å². The summed E-state index contributed by atoms with van der Waals surface area (Å²) in [5, 5.41) is 12.0. The van der Waals surface area contributed by atoms with E-state index in [-0.39, 0.29) is 12.3 Å². The summed E-state index contributed by atoms with van der Waals surface area (Å²) < 4.78 is 9.05. The number of amidine groups is 1. The van der Waals surface area contributed by atoms with Crippen molar-refractivity contribution in [3.8, 4) is 16.8 Å². The Kier molecular flexibility index (Phi) is 6.64. The average Bonchev–Trinajstić information content (AvgIpc) is 3.74. The van der Waals surface area contributed by atoms with Crippen LogP contribution in [-0.4, -0.2) is 10.4 Å². The second-order valence-electron chi connectivity index (χ2n) is 12.9. The molecule has 0 radical (unpaired) electrons. The maximum absolute atomic E-state index is 6.70. The van der Waals surface area contributed by atoms with E-state index < -0.39 is 0 Å². The largest absolute Gasteiger partial charge is 0.454 e. The molecule has 5 heteroatoms. The predicted octanol–water partition coefficient (Wildman–Crippen LogP) is 10.7. The van der Waals surface area contributed by atoms with Crippen molar-refractivity contribution in [3.05, 3.63) is 187 Å². The van der Waals surface area contributed by atoms with Crippen molar-refractivity contribution in [2.75, 3.05) is 0 Å². The lowest BCUT2D eigenvalue weighted by molar-refractivity contribution is 0.409. The van der Waals surface area contributed by atoms with Gasteiger partial charge < -0.3 is 14.3 Å². The molecule has 0 saturated carbocycles. The Hall–Kier alpha value is -6.43. The standard InChI is InChI=1S/C45H32N4O/c1-4-13-29(14-5-1)32-24-26-41-37(27-32)36-20-12-22-39(42(36)50-41)49-38-21-11-10-19-34(38)35-25-23-33(28-40(35)49)45-47-43(30-15-6-2-7-16-30)46-44(48-45)31-17-8-3-9-18-31/h1-28,43-44,46H,(H,47,48). The van der Waals surface area contributed by atoms with E-state index in [0.29, 0.717) is 0 Å². The number of hydrogen-bond acceptors (Lipinski definition) is 4. The Morgan fingerprint density at radius 1 is 0.500 bits per heavy atom. The van der Waals surface area contributed by atoms with Crippen LogP contribution in [0.5, 0.6) is 0 Å². The molecule has 2 N–H and O–H groups in total. The minimum atomic E-state index is -0.204. The maximum Gasteiger partial charge on any atom is 0.159 e. The van der Waals surface area contributed by atoms with Crippen molar-refractivity contribution >= 4 is 49.6 Å². The lowest BCUT2D eigenvalue weighted by atomic mass is 10.0. The van der Waals surface area contributed by atoms with Gasteiger partial charge in [-0.25, -0.2) is 4.99 Å². The van der Waals surface area contributed by atoms with Crippen LogP contribution in [0.3, 0.4) is 0 Å². The minimum absolute atomic E-state index is 0.111. The van der Waals surface area contributed by atoms with Crippen LogP contribution in [-0.2, 0) is 0 Å². The fraction of sp³-hybridized carbons (Fsp3) is 0.0444. The predicted molar refractivity (Wildman–Crippen MR) is 205 cm³/mol. The molecular formula is C45H32N4O. The number of nitrogens with zero attached hydrogens (tertiary/aromatic N) is 2. The molecule has 0 amide bonds. The molecule has 0 spiro atoms. The number of furan rings is 1. The van der Waals surface area contributed by atoms with Crippen LogP contribution >= 0.6 is 0 Å². The molecule has 9 aromatic rings. The Morgan fingerprint density at radius 2 is 1.18 bits per heavy atom. The summed E-state index contributed by atoms with van der Waals surface area (Å²) in [4.78, 5) is 5.24. The summed E-state index contributed by atoms with van der Waals surface area (Å²) in [5.74, 6) is 0.848. The van der Waals surface area contributed by atoms with Gasteiger partial charge in [-0.05, 0) is 52.6 Å². The number of rotatable bonds is 5. The Morgan fingerprint density at radius 3 is 2.00 bits per heavy atom. The van der Waals surface area contributed by atoms with E-state index >= 15 is 0 Å². The fourth-order valence-electron chi connectivity index (χ4n) is 7.48. The minimum Gasteiger partial charge on any atom is -0.454 e. The molecule has 0 aliphatic carbocycles. The van der Waals surface area contributed by atoms with Gasteiger partial charge in [0, 0.05) is 27.1 Å². The second kappa shape index (κ2) is 11.6. The van der Waals surface area contributed by atoms with Gasteiger partial charge in [-0.2, -0.15) is 0 Å². The Bertz CT molecular complexity index is 2710. The SMILES string of the molecule is c1ccc(-c2ccc3oc4c(-n5c6ccccc6c6ccc(C7=NC(c8ccccc8)NC(c8ccccc8)N7)cc65)cccc4c3c2)cc1. The highest BCUT2D eigenvalue weighted by Gasteiger charge is 2.26. The molecule has 0 saturated heterocycles. The molecule has 5 nitrogen and oxygen atoms in total. The van der Waals surface area contributed by atoms with Crippen molar-refractivity contribution in [1.82, 2.24) is 15.2 Å². The zero-order valence-corrected chi connectivity index (χ0v) is 27.1. The first-order valence-electron chi connectivity index (χ1n) is 17.0. The molecule has 1 aliphatic rings. The van der Waals surface area contributed by atoms with Crippen LogP contribution in [0.4, 0.5) is 0 Å². The maximum atomic E-state index is 6.70. The van der Waals surface area contributed by atoms with Crippen molar-refractivity contribution in [2.45, 2.75) is 12.3 Å². The van der Waals surface area contributed by atoms with Crippen LogP contribution in [0.2, 0.25) is 0 Å². The lowest BCUT2D eigenvalue weighted by Gasteiger charge is -2.32. The summed E-state index contributed by atoms with van der Waals surface area (Å²) in [6, 6.07) is 59.7. The first-order chi connectivity index (χ1) is 24.8. The highest BCUT2D eigenvalue weighted by molar-refractivity contribution is 6.14. The monoisotopic (exact) mass is 644 g/mol. The highest BCUT2D eigenvalue weighted by Crippen LogP contribution is 2.39. The number of aromatic nitrogens is 1. The Labute approximate surface area is 289 Å². The highest BCUT2D eigenvalue weighted by atomic mass is 16.3. The van der Waals surface area contributed by atoms with Gasteiger partial charge in [0.1, 0.15) is 23.8 Å². The molecule has 3 heterocycles. The van der Waals surface area contributed by atoms with Crippen LogP contribution < -0.4 is 10.6 Å². The zero-order valence-electron chi connectivity index (χ0n) is 27.1. The number of aliphatic imine (C=N–C) groups is 1.